The van der Waals surface area contributed by atoms with Crippen molar-refractivity contribution in [1.82, 2.24) is 15.1 Å². The summed E-state index contributed by atoms with van der Waals surface area (Å²) in [6.45, 7) is 8.98. The summed E-state index contributed by atoms with van der Waals surface area (Å²) < 4.78 is 5.60. The molecule has 0 bridgehead atoms. The maximum absolute atomic E-state index is 12.4. The summed E-state index contributed by atoms with van der Waals surface area (Å²) in [4.78, 5) is 16.9. The lowest BCUT2D eigenvalue weighted by Crippen LogP contribution is -2.63. The second kappa shape index (κ2) is 8.56. The van der Waals surface area contributed by atoms with E-state index in [4.69, 9.17) is 4.74 Å². The number of piperidine rings is 1. The molecule has 0 radical (unpaired) electrons. The van der Waals surface area contributed by atoms with Crippen molar-refractivity contribution in [3.8, 4) is 5.75 Å². The van der Waals surface area contributed by atoms with Crippen LogP contribution in [0.15, 0.2) is 24.3 Å². The minimum atomic E-state index is 0.00163. The molecule has 5 heteroatoms. The third-order valence-electron chi connectivity index (χ3n) is 5.25. The van der Waals surface area contributed by atoms with Gasteiger partial charge in [-0.3, -0.25) is 4.90 Å². The van der Waals surface area contributed by atoms with Gasteiger partial charge in [0.15, 0.2) is 0 Å². The van der Waals surface area contributed by atoms with E-state index < -0.39 is 0 Å². The molecule has 1 atom stereocenters. The van der Waals surface area contributed by atoms with E-state index in [0.29, 0.717) is 6.04 Å². The number of benzene rings is 1. The highest BCUT2D eigenvalue weighted by atomic mass is 16.5. The number of hydrogen-bond acceptors (Lipinski definition) is 3. The van der Waals surface area contributed by atoms with E-state index in [-0.39, 0.29) is 12.1 Å². The number of hydrogen-bond donors (Lipinski definition) is 1. The van der Waals surface area contributed by atoms with Crippen molar-refractivity contribution < 1.29 is 9.53 Å². The first-order chi connectivity index (χ1) is 12.2. The van der Waals surface area contributed by atoms with Crippen molar-refractivity contribution in [3.05, 3.63) is 29.8 Å². The molecule has 0 aromatic heterocycles. The van der Waals surface area contributed by atoms with Crippen molar-refractivity contribution in [2.75, 3.05) is 32.8 Å². The summed E-state index contributed by atoms with van der Waals surface area (Å²) in [5.74, 6) is 0.885. The standard InChI is InChI=1S/C20H31N3O2/c1-3-13-25-19-9-7-17(8-10-19)16(2)21-20(24)23-14-18(15-23)22-11-5-4-6-12-22/h7-10,16,18H,3-6,11-15H2,1-2H3,(H,21,24). The summed E-state index contributed by atoms with van der Waals surface area (Å²) in [5, 5.41) is 3.11. The van der Waals surface area contributed by atoms with Gasteiger partial charge in [0.05, 0.1) is 12.6 Å². The number of urea groups is 1. The second-order valence-electron chi connectivity index (χ2n) is 7.24. The van der Waals surface area contributed by atoms with Gasteiger partial charge in [-0.05, 0) is 57.0 Å². The Kier molecular flexibility index (Phi) is 6.19. The smallest absolute Gasteiger partial charge is 0.317 e. The molecular formula is C20H31N3O2. The predicted octanol–water partition coefficient (Wildman–Crippen LogP) is 3.42. The lowest BCUT2D eigenvalue weighted by atomic mass is 10.0. The minimum absolute atomic E-state index is 0.00163. The van der Waals surface area contributed by atoms with Gasteiger partial charge in [0.25, 0.3) is 0 Å². The molecule has 1 unspecified atom stereocenters. The molecule has 2 aliphatic rings. The van der Waals surface area contributed by atoms with Crippen molar-refractivity contribution >= 4 is 6.03 Å². The van der Waals surface area contributed by atoms with E-state index in [0.717, 1.165) is 37.4 Å². The van der Waals surface area contributed by atoms with E-state index in [1.54, 1.807) is 0 Å². The average molecular weight is 345 g/mol. The van der Waals surface area contributed by atoms with Gasteiger partial charge < -0.3 is 15.0 Å². The van der Waals surface area contributed by atoms with E-state index in [1.807, 2.05) is 36.1 Å². The Balaban J connectivity index is 1.43. The van der Waals surface area contributed by atoms with Gasteiger partial charge in [0, 0.05) is 19.1 Å². The molecule has 2 aliphatic heterocycles. The van der Waals surface area contributed by atoms with E-state index >= 15 is 0 Å². The average Bonchev–Trinajstić information content (AvgIpc) is 2.60. The molecule has 1 N–H and O–H groups in total. The maximum atomic E-state index is 12.4. The van der Waals surface area contributed by atoms with E-state index in [1.165, 1.54) is 32.4 Å². The molecule has 0 saturated carbocycles. The fourth-order valence-electron chi connectivity index (χ4n) is 3.57. The monoisotopic (exact) mass is 345 g/mol. The molecule has 1 aromatic rings. The molecule has 2 fully saturated rings. The number of ether oxygens (including phenoxy) is 1. The Bertz CT molecular complexity index is 549. The van der Waals surface area contributed by atoms with Crippen molar-refractivity contribution in [1.29, 1.82) is 0 Å². The van der Waals surface area contributed by atoms with Crippen LogP contribution in [0.3, 0.4) is 0 Å². The molecule has 25 heavy (non-hydrogen) atoms. The fraction of sp³-hybridized carbons (Fsp3) is 0.650. The van der Waals surface area contributed by atoms with Gasteiger partial charge in [-0.2, -0.15) is 0 Å². The maximum Gasteiger partial charge on any atom is 0.317 e. The molecule has 3 rings (SSSR count). The summed E-state index contributed by atoms with van der Waals surface area (Å²) in [6, 6.07) is 8.63. The lowest BCUT2D eigenvalue weighted by molar-refractivity contribution is 0.0444. The van der Waals surface area contributed by atoms with Crippen LogP contribution >= 0.6 is 0 Å². The van der Waals surface area contributed by atoms with Crippen LogP contribution in [-0.2, 0) is 0 Å². The quantitative estimate of drug-likeness (QED) is 0.859. The number of likely N-dealkylation sites (tertiary alicyclic amines) is 2. The van der Waals surface area contributed by atoms with Gasteiger partial charge in [-0.1, -0.05) is 25.5 Å². The van der Waals surface area contributed by atoms with Gasteiger partial charge in [0.2, 0.25) is 0 Å². The third-order valence-corrected chi connectivity index (χ3v) is 5.25. The highest BCUT2D eigenvalue weighted by Crippen LogP contribution is 2.22. The first kappa shape index (κ1) is 18.1. The van der Waals surface area contributed by atoms with Gasteiger partial charge in [0.1, 0.15) is 5.75 Å². The Labute approximate surface area is 151 Å². The zero-order valence-electron chi connectivity index (χ0n) is 15.5. The summed E-state index contributed by atoms with van der Waals surface area (Å²) >= 11 is 0. The molecule has 0 aliphatic carbocycles. The number of nitrogens with one attached hydrogen (secondary N) is 1. The molecule has 138 valence electrons. The zero-order valence-corrected chi connectivity index (χ0v) is 15.5. The van der Waals surface area contributed by atoms with Crippen molar-refractivity contribution in [3.63, 3.8) is 0 Å². The third kappa shape index (κ3) is 4.66. The Morgan fingerprint density at radius 2 is 1.88 bits per heavy atom. The SMILES string of the molecule is CCCOc1ccc(C(C)NC(=O)N2CC(N3CCCCC3)C2)cc1. The van der Waals surface area contributed by atoms with Crippen molar-refractivity contribution in [2.45, 2.75) is 51.6 Å². The number of carbonyl (C=O) groups is 1. The Morgan fingerprint density at radius 1 is 1.20 bits per heavy atom. The summed E-state index contributed by atoms with van der Waals surface area (Å²) in [5.41, 5.74) is 1.10. The molecule has 2 saturated heterocycles. The normalized spacial score (nSPS) is 20.0. The van der Waals surface area contributed by atoms with E-state index in [9.17, 15) is 4.79 Å². The van der Waals surface area contributed by atoms with Gasteiger partial charge >= 0.3 is 6.03 Å². The van der Waals surface area contributed by atoms with Crippen LogP contribution in [0.5, 0.6) is 5.75 Å². The lowest BCUT2D eigenvalue weighted by Gasteiger charge is -2.46. The summed E-state index contributed by atoms with van der Waals surface area (Å²) in [7, 11) is 0. The molecule has 2 amide bonds. The van der Waals surface area contributed by atoms with Gasteiger partial charge in [-0.15, -0.1) is 0 Å². The summed E-state index contributed by atoms with van der Waals surface area (Å²) in [6.07, 6.45) is 4.96. The molecule has 2 heterocycles. The number of carbonyl (C=O) groups excluding carboxylic acids is 1. The highest BCUT2D eigenvalue weighted by Gasteiger charge is 2.35. The van der Waals surface area contributed by atoms with Crippen LogP contribution in [0.25, 0.3) is 0 Å². The van der Waals surface area contributed by atoms with Gasteiger partial charge in [-0.25, -0.2) is 4.79 Å². The number of amides is 2. The van der Waals surface area contributed by atoms with Crippen LogP contribution in [0.2, 0.25) is 0 Å². The molecule has 0 spiro atoms. The van der Waals surface area contributed by atoms with Crippen LogP contribution in [0.1, 0.15) is 51.1 Å². The Hall–Kier alpha value is -1.75. The number of rotatable bonds is 6. The van der Waals surface area contributed by atoms with Crippen molar-refractivity contribution in [2.24, 2.45) is 0 Å². The Morgan fingerprint density at radius 3 is 2.52 bits per heavy atom. The first-order valence-electron chi connectivity index (χ1n) is 9.69. The van der Waals surface area contributed by atoms with Crippen LogP contribution in [-0.4, -0.2) is 54.7 Å². The largest absolute Gasteiger partial charge is 0.494 e. The fourth-order valence-corrected chi connectivity index (χ4v) is 3.57. The van der Waals surface area contributed by atoms with Crippen LogP contribution in [0.4, 0.5) is 4.79 Å². The van der Waals surface area contributed by atoms with Crippen LogP contribution in [0, 0.1) is 0 Å². The minimum Gasteiger partial charge on any atom is -0.494 e. The second-order valence-corrected chi connectivity index (χ2v) is 7.24. The molecule has 1 aromatic carbocycles. The molecular weight excluding hydrogens is 314 g/mol. The zero-order chi connectivity index (χ0) is 17.6. The van der Waals surface area contributed by atoms with Crippen LogP contribution < -0.4 is 10.1 Å². The highest BCUT2D eigenvalue weighted by molar-refractivity contribution is 5.75. The van der Waals surface area contributed by atoms with E-state index in [2.05, 4.69) is 17.1 Å². The first-order valence-corrected chi connectivity index (χ1v) is 9.69. The predicted molar refractivity (Wildman–Crippen MR) is 100.0 cm³/mol. The topological polar surface area (TPSA) is 44.8 Å². The number of nitrogens with zero attached hydrogens (tertiary/aromatic N) is 2. The molecule has 5 nitrogen and oxygen atoms in total.